The first kappa shape index (κ1) is 58.1. The summed E-state index contributed by atoms with van der Waals surface area (Å²) in [6.07, 6.45) is -0.0293. The van der Waals surface area contributed by atoms with Gasteiger partial charge in [-0.3, -0.25) is 48.1 Å². The summed E-state index contributed by atoms with van der Waals surface area (Å²) in [6, 6.07) is 15.5. The highest BCUT2D eigenvalue weighted by Crippen LogP contribution is 2.41. The summed E-state index contributed by atoms with van der Waals surface area (Å²) in [4.78, 5) is 131. The van der Waals surface area contributed by atoms with Crippen LogP contribution >= 0.6 is 0 Å². The lowest BCUT2D eigenvalue weighted by molar-refractivity contribution is -0.141. The summed E-state index contributed by atoms with van der Waals surface area (Å²) in [5, 5.41) is 31.8. The summed E-state index contributed by atoms with van der Waals surface area (Å²) >= 11 is 0. The van der Waals surface area contributed by atoms with Gasteiger partial charge >= 0.3 is 12.1 Å². The maximum atomic E-state index is 15.4. The Kier molecular flexibility index (Phi) is 20.6. The molecule has 22 nitrogen and oxygen atoms in total. The smallest absolute Gasteiger partial charge is 0.408 e. The second-order valence-electron chi connectivity index (χ2n) is 18.6. The molecule has 0 aliphatic carbocycles. The number of nitrogens with one attached hydrogen (secondary N) is 5. The van der Waals surface area contributed by atoms with Gasteiger partial charge in [-0.15, -0.1) is 0 Å². The van der Waals surface area contributed by atoms with Crippen LogP contribution in [0.1, 0.15) is 62.9 Å². The van der Waals surface area contributed by atoms with Crippen molar-refractivity contribution < 1.29 is 71.7 Å². The lowest BCUT2D eigenvalue weighted by Gasteiger charge is -2.41. The van der Waals surface area contributed by atoms with Crippen molar-refractivity contribution in [1.29, 1.82) is 0 Å². The van der Waals surface area contributed by atoms with Crippen LogP contribution in [-0.2, 0) is 61.0 Å². The molecule has 4 aromatic rings. The van der Waals surface area contributed by atoms with Crippen LogP contribution in [0.2, 0.25) is 0 Å². The number of carbonyl (C=O) groups excluding carboxylic acids is 9. The van der Waals surface area contributed by atoms with E-state index in [-0.39, 0.29) is 37.4 Å². The zero-order chi connectivity index (χ0) is 55.7. The Hall–Kier alpha value is -8.80. The maximum Gasteiger partial charge on any atom is 0.408 e. The van der Waals surface area contributed by atoms with Gasteiger partial charge in [0.1, 0.15) is 49.5 Å². The molecule has 1 aliphatic rings. The van der Waals surface area contributed by atoms with Gasteiger partial charge in [0, 0.05) is 61.3 Å². The topological polar surface area (TPSA) is 318 Å². The number of primary amides is 1. The number of benzene rings is 3. The van der Waals surface area contributed by atoms with Crippen molar-refractivity contribution in [2.45, 2.75) is 77.4 Å². The zero-order valence-corrected chi connectivity index (χ0v) is 41.8. The number of amides is 9. The molecule has 4 atom stereocenters. The van der Waals surface area contributed by atoms with Crippen LogP contribution in [-0.4, -0.2) is 135 Å². The molecular formula is C52H59F2N9O13. The number of carbonyl (C=O) groups is 10. The maximum absolute atomic E-state index is 15.4. The summed E-state index contributed by atoms with van der Waals surface area (Å²) in [5.41, 5.74) is 6.44. The fourth-order valence-electron chi connectivity index (χ4n) is 8.18. The highest BCUT2D eigenvalue weighted by Gasteiger charge is 2.39. The normalized spacial score (nSPS) is 13.7. The van der Waals surface area contributed by atoms with Crippen LogP contribution in [0.25, 0.3) is 11.1 Å². The van der Waals surface area contributed by atoms with Crippen molar-refractivity contribution in [3.63, 3.8) is 0 Å². The van der Waals surface area contributed by atoms with Gasteiger partial charge in [0.15, 0.2) is 0 Å². The number of aromatic nitrogens is 1. The molecule has 404 valence electrons. The van der Waals surface area contributed by atoms with Crippen molar-refractivity contribution in [1.82, 2.24) is 41.0 Å². The van der Waals surface area contributed by atoms with Crippen molar-refractivity contribution in [2.75, 3.05) is 32.8 Å². The minimum atomic E-state index is -1.91. The van der Waals surface area contributed by atoms with Gasteiger partial charge in [-0.05, 0) is 47.2 Å². The SMILES string of the molecule is CC(C)(C)C(c1cc(-c2cc(F)ccc2F)cn1Cc1ccccc1)N(CCC(NC(=O)C(CC(N)=O)NC(=O)[C@@H](CC(=O)O)NC(=O)OCc1ccccc1)C(=O)NCCNC(=O)CN1C(=O)C=CC1=O)C(=O)CO. The van der Waals surface area contributed by atoms with Gasteiger partial charge in [-0.25, -0.2) is 13.6 Å². The zero-order valence-electron chi connectivity index (χ0n) is 41.8. The van der Waals surface area contributed by atoms with E-state index >= 15 is 4.39 Å². The second kappa shape index (κ2) is 26.9. The Morgan fingerprint density at radius 3 is 1.93 bits per heavy atom. The van der Waals surface area contributed by atoms with E-state index < -0.39 is 139 Å². The summed E-state index contributed by atoms with van der Waals surface area (Å²) in [7, 11) is 0. The number of aliphatic hydroxyl groups is 1. The van der Waals surface area contributed by atoms with E-state index in [1.54, 1.807) is 86.1 Å². The molecule has 0 saturated heterocycles. The molecule has 9 amide bonds. The van der Waals surface area contributed by atoms with Crippen LogP contribution < -0.4 is 32.3 Å². The Morgan fingerprint density at radius 1 is 0.750 bits per heavy atom. The monoisotopic (exact) mass is 1060 g/mol. The molecule has 76 heavy (non-hydrogen) atoms. The van der Waals surface area contributed by atoms with E-state index in [2.05, 4.69) is 26.6 Å². The Morgan fingerprint density at radius 2 is 1.34 bits per heavy atom. The summed E-state index contributed by atoms with van der Waals surface area (Å²) in [6.45, 7) is 2.54. The van der Waals surface area contributed by atoms with Crippen LogP contribution in [0.3, 0.4) is 0 Å². The molecule has 24 heteroatoms. The van der Waals surface area contributed by atoms with Gasteiger partial charge < -0.3 is 56.7 Å². The number of hydrogen-bond donors (Lipinski definition) is 8. The molecule has 0 radical (unpaired) electrons. The molecule has 1 aromatic heterocycles. The third kappa shape index (κ3) is 16.9. The number of alkyl carbamates (subject to hydrolysis) is 1. The molecule has 0 saturated carbocycles. The molecule has 0 spiro atoms. The quantitative estimate of drug-likeness (QED) is 0.0328. The number of imide groups is 1. The van der Waals surface area contributed by atoms with Crippen molar-refractivity contribution in [3.8, 4) is 11.1 Å². The molecule has 2 heterocycles. The van der Waals surface area contributed by atoms with E-state index in [0.717, 1.165) is 35.9 Å². The number of aliphatic carboxylic acids is 1. The standard InChI is InChI=1S/C52H59F2N9O13/c1-52(2,3)47(40-22-33(35-23-34(53)14-15-36(35)54)27-61(40)26-31-10-6-4-7-11-31)62(45(69)29-64)21-18-37(48(72)57-20-19-56-42(66)28-63-43(67)16-17-44(63)68)58-49(73)38(24-41(55)65)59-50(74)39(25-46(70)71)60-51(75)76-30-32-12-8-5-9-13-32/h4-17,22-23,27,37-39,47,64H,18-21,24-26,28-30H2,1-3H3,(H2,55,65)(H,56,66)(H,57,72)(H,58,73)(H,59,74)(H,60,75)(H,70,71)/t37?,38?,39-,47?/m1/s1. The predicted octanol–water partition coefficient (Wildman–Crippen LogP) is 1.55. The third-order valence-electron chi connectivity index (χ3n) is 11.7. The number of rotatable bonds is 26. The number of carboxylic acids is 1. The number of hydrogen-bond acceptors (Lipinski definition) is 12. The van der Waals surface area contributed by atoms with Crippen LogP contribution in [0.4, 0.5) is 13.6 Å². The Labute approximate surface area is 435 Å². The van der Waals surface area contributed by atoms with Crippen molar-refractivity contribution in [2.24, 2.45) is 11.1 Å². The van der Waals surface area contributed by atoms with Gasteiger partial charge in [0.25, 0.3) is 11.8 Å². The number of ether oxygens (including phenoxy) is 1. The molecule has 5 rings (SSSR count). The van der Waals surface area contributed by atoms with Crippen LogP contribution in [0.5, 0.6) is 0 Å². The summed E-state index contributed by atoms with van der Waals surface area (Å²) < 4.78 is 36.9. The number of halogens is 2. The van der Waals surface area contributed by atoms with Crippen LogP contribution in [0.15, 0.2) is 103 Å². The van der Waals surface area contributed by atoms with Gasteiger partial charge in [-0.1, -0.05) is 81.4 Å². The largest absolute Gasteiger partial charge is 0.481 e. The molecule has 3 unspecified atom stereocenters. The first-order valence-corrected chi connectivity index (χ1v) is 23.8. The van der Waals surface area contributed by atoms with E-state index in [4.69, 9.17) is 10.5 Å². The molecular weight excluding hydrogens is 997 g/mol. The number of nitrogens with zero attached hydrogens (tertiary/aromatic N) is 3. The van der Waals surface area contributed by atoms with E-state index in [1.165, 1.54) is 4.90 Å². The van der Waals surface area contributed by atoms with Crippen molar-refractivity contribution >= 4 is 59.3 Å². The lowest BCUT2D eigenvalue weighted by atomic mass is 9.82. The third-order valence-corrected chi connectivity index (χ3v) is 11.7. The Balaban J connectivity index is 1.45. The minimum absolute atomic E-state index is 0.0860. The first-order chi connectivity index (χ1) is 36.0. The molecule has 9 N–H and O–H groups in total. The van der Waals surface area contributed by atoms with Gasteiger partial charge in [-0.2, -0.15) is 0 Å². The second-order valence-corrected chi connectivity index (χ2v) is 18.6. The Bertz CT molecular complexity index is 2800. The average molecular weight is 1060 g/mol. The number of aliphatic hydroxyl groups excluding tert-OH is 1. The van der Waals surface area contributed by atoms with Gasteiger partial charge in [0.05, 0.1) is 18.9 Å². The number of carboxylic acid groups (broad SMARTS) is 1. The molecule has 3 aromatic carbocycles. The van der Waals surface area contributed by atoms with E-state index in [1.807, 2.05) is 12.1 Å². The van der Waals surface area contributed by atoms with E-state index in [0.29, 0.717) is 16.2 Å². The predicted molar refractivity (Wildman–Crippen MR) is 266 cm³/mol. The number of nitrogens with two attached hydrogens (primary N) is 1. The lowest BCUT2D eigenvalue weighted by Crippen LogP contribution is -2.58. The fraction of sp³-hybridized carbons (Fsp3) is 0.346. The minimum Gasteiger partial charge on any atom is -0.481 e. The summed E-state index contributed by atoms with van der Waals surface area (Å²) in [5.74, 6) is -10.6. The van der Waals surface area contributed by atoms with Gasteiger partial charge in [0.2, 0.25) is 35.4 Å². The highest BCUT2D eigenvalue weighted by atomic mass is 19.1. The molecule has 1 aliphatic heterocycles. The first-order valence-electron chi connectivity index (χ1n) is 23.8. The van der Waals surface area contributed by atoms with Crippen LogP contribution in [0, 0.1) is 17.0 Å². The van der Waals surface area contributed by atoms with E-state index in [9.17, 15) is 62.5 Å². The highest BCUT2D eigenvalue weighted by molar-refractivity contribution is 6.14. The average Bonchev–Trinajstić information content (AvgIpc) is 3.92. The molecule has 0 fully saturated rings. The fourth-order valence-corrected chi connectivity index (χ4v) is 8.18. The van der Waals surface area contributed by atoms with Crippen molar-refractivity contribution in [3.05, 3.63) is 132 Å². The molecule has 0 bridgehead atoms.